The Labute approximate surface area is 84.0 Å². The summed E-state index contributed by atoms with van der Waals surface area (Å²) in [4.78, 5) is 12.7. The highest BCUT2D eigenvalue weighted by atomic mass is 16.5. The van der Waals surface area contributed by atoms with Crippen molar-refractivity contribution in [1.29, 1.82) is 0 Å². The van der Waals surface area contributed by atoms with Gasteiger partial charge in [-0.1, -0.05) is 0 Å². The highest BCUT2D eigenvalue weighted by molar-refractivity contribution is 5.72. The fraction of sp³-hybridized carbons (Fsp3) is 0.889. The Morgan fingerprint density at radius 1 is 1.79 bits per heavy atom. The van der Waals surface area contributed by atoms with E-state index in [0.29, 0.717) is 19.7 Å². The normalized spacial score (nSPS) is 26.0. The van der Waals surface area contributed by atoms with Gasteiger partial charge in [-0.2, -0.15) is 0 Å². The lowest BCUT2D eigenvalue weighted by molar-refractivity contribution is -0.145. The fourth-order valence-corrected chi connectivity index (χ4v) is 1.60. The van der Waals surface area contributed by atoms with E-state index in [2.05, 4.69) is 5.32 Å². The summed E-state index contributed by atoms with van der Waals surface area (Å²) in [6.07, 6.45) is 0.107. The van der Waals surface area contributed by atoms with Gasteiger partial charge in [0.1, 0.15) is 6.04 Å². The van der Waals surface area contributed by atoms with Crippen molar-refractivity contribution >= 4 is 5.97 Å². The molecule has 0 aromatic rings. The number of rotatable bonds is 4. The summed E-state index contributed by atoms with van der Waals surface area (Å²) in [5.74, 6) is -0.768. The van der Waals surface area contributed by atoms with Gasteiger partial charge in [0.15, 0.2) is 0 Å². The molecule has 1 rings (SSSR count). The monoisotopic (exact) mass is 202 g/mol. The Morgan fingerprint density at radius 2 is 2.50 bits per heavy atom. The minimum absolute atomic E-state index is 0.107. The van der Waals surface area contributed by atoms with Crippen molar-refractivity contribution in [3.8, 4) is 0 Å². The molecule has 1 heterocycles. The molecule has 5 nitrogen and oxygen atoms in total. The maximum absolute atomic E-state index is 10.8. The molecule has 0 amide bonds. The van der Waals surface area contributed by atoms with Crippen LogP contribution in [0.5, 0.6) is 0 Å². The van der Waals surface area contributed by atoms with Gasteiger partial charge < -0.3 is 15.2 Å². The van der Waals surface area contributed by atoms with Crippen LogP contribution in [0.2, 0.25) is 0 Å². The summed E-state index contributed by atoms with van der Waals surface area (Å²) in [5.41, 5.74) is 0. The zero-order chi connectivity index (χ0) is 10.6. The minimum atomic E-state index is -0.768. The van der Waals surface area contributed by atoms with Crippen LogP contribution in [0, 0.1) is 0 Å². The number of morpholine rings is 1. The third-order valence-corrected chi connectivity index (χ3v) is 2.51. The molecular weight excluding hydrogens is 184 g/mol. The Bertz CT molecular complexity index is 196. The van der Waals surface area contributed by atoms with Crippen molar-refractivity contribution in [3.63, 3.8) is 0 Å². The number of nitrogens with one attached hydrogen (secondary N) is 1. The highest BCUT2D eigenvalue weighted by Crippen LogP contribution is 2.08. The highest BCUT2D eigenvalue weighted by Gasteiger charge is 2.26. The van der Waals surface area contributed by atoms with Gasteiger partial charge in [0, 0.05) is 19.6 Å². The Morgan fingerprint density at radius 3 is 3.07 bits per heavy atom. The molecule has 0 aliphatic carbocycles. The Balaban J connectivity index is 2.43. The van der Waals surface area contributed by atoms with Gasteiger partial charge in [0.2, 0.25) is 0 Å². The van der Waals surface area contributed by atoms with E-state index in [-0.39, 0.29) is 6.10 Å². The van der Waals surface area contributed by atoms with Crippen LogP contribution in [0.15, 0.2) is 0 Å². The predicted octanol–water partition coefficient (Wildman–Crippen LogP) is -0.620. The molecule has 0 bridgehead atoms. The third kappa shape index (κ3) is 2.94. The van der Waals surface area contributed by atoms with E-state index in [1.54, 1.807) is 6.92 Å². The molecule has 2 N–H and O–H groups in total. The van der Waals surface area contributed by atoms with E-state index in [9.17, 15) is 4.79 Å². The maximum atomic E-state index is 10.8. The molecule has 82 valence electrons. The standard InChI is InChI=1S/C9H18N2O3/c1-7(9(12)13)11-3-4-14-8(6-11)5-10-2/h7-8,10H,3-6H2,1-2H3,(H,12,13). The van der Waals surface area contributed by atoms with Crippen LogP contribution in [0.1, 0.15) is 6.92 Å². The first-order chi connectivity index (χ1) is 6.65. The second-order valence-corrected chi connectivity index (χ2v) is 3.56. The number of carboxylic acids is 1. The van der Waals surface area contributed by atoms with Crippen LogP contribution in [-0.4, -0.2) is 61.4 Å². The molecule has 2 unspecified atom stereocenters. The first-order valence-corrected chi connectivity index (χ1v) is 4.88. The zero-order valence-electron chi connectivity index (χ0n) is 8.69. The van der Waals surface area contributed by atoms with Crippen LogP contribution in [-0.2, 0) is 9.53 Å². The van der Waals surface area contributed by atoms with Crippen molar-refractivity contribution in [2.45, 2.75) is 19.1 Å². The summed E-state index contributed by atoms with van der Waals surface area (Å²) < 4.78 is 5.48. The summed E-state index contributed by atoms with van der Waals surface area (Å²) in [6, 6.07) is -0.418. The topological polar surface area (TPSA) is 61.8 Å². The lowest BCUT2D eigenvalue weighted by atomic mass is 10.2. The number of aliphatic carboxylic acids is 1. The molecule has 1 saturated heterocycles. The summed E-state index contributed by atoms with van der Waals surface area (Å²) in [7, 11) is 1.86. The molecule has 1 fully saturated rings. The van der Waals surface area contributed by atoms with Crippen LogP contribution in [0.3, 0.4) is 0 Å². The van der Waals surface area contributed by atoms with Crippen molar-refractivity contribution in [2.24, 2.45) is 0 Å². The molecule has 0 radical (unpaired) electrons. The summed E-state index contributed by atoms with van der Waals surface area (Å²) >= 11 is 0. The smallest absolute Gasteiger partial charge is 0.320 e. The van der Waals surface area contributed by atoms with Gasteiger partial charge in [-0.15, -0.1) is 0 Å². The number of likely N-dealkylation sites (N-methyl/N-ethyl adjacent to an activating group) is 1. The zero-order valence-corrected chi connectivity index (χ0v) is 8.69. The molecule has 2 atom stereocenters. The summed E-state index contributed by atoms with van der Waals surface area (Å²) in [6.45, 7) is 4.49. The van der Waals surface area contributed by atoms with E-state index in [1.165, 1.54) is 0 Å². The van der Waals surface area contributed by atoms with E-state index in [4.69, 9.17) is 9.84 Å². The number of nitrogens with zero attached hydrogens (tertiary/aromatic N) is 1. The average Bonchev–Trinajstić information content (AvgIpc) is 2.17. The first-order valence-electron chi connectivity index (χ1n) is 4.88. The second-order valence-electron chi connectivity index (χ2n) is 3.56. The maximum Gasteiger partial charge on any atom is 0.320 e. The lowest BCUT2D eigenvalue weighted by Gasteiger charge is -2.35. The Hall–Kier alpha value is -0.650. The number of hydrogen-bond donors (Lipinski definition) is 2. The second kappa shape index (κ2) is 5.29. The largest absolute Gasteiger partial charge is 0.480 e. The van der Waals surface area contributed by atoms with E-state index in [1.807, 2.05) is 11.9 Å². The van der Waals surface area contributed by atoms with Crippen molar-refractivity contribution in [1.82, 2.24) is 10.2 Å². The van der Waals surface area contributed by atoms with Crippen molar-refractivity contribution in [2.75, 3.05) is 33.3 Å². The van der Waals surface area contributed by atoms with Gasteiger partial charge in [-0.25, -0.2) is 0 Å². The SMILES string of the molecule is CNCC1CN(C(C)C(=O)O)CCO1. The number of ether oxygens (including phenoxy) is 1. The molecule has 14 heavy (non-hydrogen) atoms. The lowest BCUT2D eigenvalue weighted by Crippen LogP contribution is -2.51. The van der Waals surface area contributed by atoms with E-state index >= 15 is 0 Å². The number of carboxylic acid groups (broad SMARTS) is 1. The number of hydrogen-bond acceptors (Lipinski definition) is 4. The van der Waals surface area contributed by atoms with E-state index in [0.717, 1.165) is 6.54 Å². The summed E-state index contributed by atoms with van der Waals surface area (Å²) in [5, 5.41) is 11.9. The molecule has 1 aliphatic heterocycles. The van der Waals surface area contributed by atoms with E-state index < -0.39 is 12.0 Å². The molecule has 0 aromatic carbocycles. The fourth-order valence-electron chi connectivity index (χ4n) is 1.60. The van der Waals surface area contributed by atoms with Gasteiger partial charge >= 0.3 is 5.97 Å². The number of carbonyl (C=O) groups is 1. The quantitative estimate of drug-likeness (QED) is 0.636. The van der Waals surface area contributed by atoms with Gasteiger partial charge in [0.25, 0.3) is 0 Å². The Kier molecular flexibility index (Phi) is 4.31. The molecular formula is C9H18N2O3. The molecule has 5 heteroatoms. The van der Waals surface area contributed by atoms with Crippen LogP contribution >= 0.6 is 0 Å². The molecule has 0 aromatic heterocycles. The van der Waals surface area contributed by atoms with Crippen LogP contribution in [0.25, 0.3) is 0 Å². The van der Waals surface area contributed by atoms with Gasteiger partial charge in [0.05, 0.1) is 12.7 Å². The minimum Gasteiger partial charge on any atom is -0.480 e. The van der Waals surface area contributed by atoms with Crippen molar-refractivity contribution < 1.29 is 14.6 Å². The third-order valence-electron chi connectivity index (χ3n) is 2.51. The molecule has 1 aliphatic rings. The predicted molar refractivity (Wildman–Crippen MR) is 52.3 cm³/mol. The van der Waals surface area contributed by atoms with Crippen LogP contribution < -0.4 is 5.32 Å². The first kappa shape index (κ1) is 11.4. The average molecular weight is 202 g/mol. The molecule has 0 saturated carbocycles. The molecule has 0 spiro atoms. The van der Waals surface area contributed by atoms with Gasteiger partial charge in [-0.3, -0.25) is 9.69 Å². The van der Waals surface area contributed by atoms with Crippen LogP contribution in [0.4, 0.5) is 0 Å². The van der Waals surface area contributed by atoms with Crippen molar-refractivity contribution in [3.05, 3.63) is 0 Å². The van der Waals surface area contributed by atoms with Gasteiger partial charge in [-0.05, 0) is 14.0 Å².